The van der Waals surface area contributed by atoms with E-state index < -0.39 is 22.2 Å². The van der Waals surface area contributed by atoms with E-state index in [0.29, 0.717) is 60.8 Å². The monoisotopic (exact) mass is 879 g/mol. The van der Waals surface area contributed by atoms with Gasteiger partial charge in [-0.1, -0.05) is 25.0 Å². The smallest absolute Gasteiger partial charge is 0.320 e. The van der Waals surface area contributed by atoms with Gasteiger partial charge in [0.05, 0.1) is 35.3 Å². The summed E-state index contributed by atoms with van der Waals surface area (Å²) >= 11 is 0. The van der Waals surface area contributed by atoms with Crippen LogP contribution in [0.15, 0.2) is 36.4 Å². The Balaban J connectivity index is 0.894. The van der Waals surface area contributed by atoms with Crippen LogP contribution in [0.3, 0.4) is 0 Å². The Labute approximate surface area is 379 Å². The molecule has 4 heterocycles. The standard InChI is InChI=1S/C52H70N4O8/c1-49(2)27-35(28-50(3,4)53(49)31-43(57)63-37-15-11-9-12-16-37)55-45(59)39-23-21-33(25-41(39)47(55)61)19-20-34-22-24-40-42(26-34)48(62)56(46(40)60)36-29-51(5,6)54(52(7,8)30-36)32-44(58)64-38-17-13-10-14-18-38/h21-26,35-38H,9-20,27-32H2,1-8H3. The molecular formula is C52H70N4O8. The van der Waals surface area contributed by atoms with Crippen molar-refractivity contribution < 1.29 is 38.2 Å². The van der Waals surface area contributed by atoms with Crippen molar-refractivity contribution in [1.29, 1.82) is 0 Å². The van der Waals surface area contributed by atoms with Crippen LogP contribution < -0.4 is 0 Å². The molecule has 0 unspecified atom stereocenters. The van der Waals surface area contributed by atoms with Crippen molar-refractivity contribution in [2.45, 2.75) is 205 Å². The Morgan fingerprint density at radius 2 is 0.797 bits per heavy atom. The number of hydrogen-bond donors (Lipinski definition) is 0. The third-order valence-electron chi connectivity index (χ3n) is 15.5. The lowest BCUT2D eigenvalue weighted by molar-refractivity contribution is -0.159. The number of likely N-dealkylation sites (tertiary alicyclic amines) is 2. The number of imide groups is 2. The summed E-state index contributed by atoms with van der Waals surface area (Å²) in [5.74, 6) is -1.58. The number of hydrogen-bond acceptors (Lipinski definition) is 10. The number of nitrogens with zero attached hydrogens (tertiary/aromatic N) is 4. The van der Waals surface area contributed by atoms with Crippen LogP contribution in [0.4, 0.5) is 0 Å². The zero-order chi connectivity index (χ0) is 45.9. The van der Waals surface area contributed by atoms with Gasteiger partial charge in [-0.05, 0) is 181 Å². The third-order valence-corrected chi connectivity index (χ3v) is 15.5. The molecule has 2 aliphatic carbocycles. The summed E-state index contributed by atoms with van der Waals surface area (Å²) in [5.41, 5.74) is 1.50. The molecule has 346 valence electrons. The van der Waals surface area contributed by atoms with Crippen molar-refractivity contribution in [3.63, 3.8) is 0 Å². The van der Waals surface area contributed by atoms with Gasteiger partial charge in [0.25, 0.3) is 23.6 Å². The Kier molecular flexibility index (Phi) is 12.6. The summed E-state index contributed by atoms with van der Waals surface area (Å²) in [7, 11) is 0. The SMILES string of the molecule is CC1(C)CC(N2C(=O)c3ccc(CCc4ccc5c(c4)C(=O)N(C4CC(C)(C)N(CC(=O)OC6CCCCC6)C(C)(C)C4)C5=O)cc3C2=O)CC(C)(C)N1CC(=O)OC1CCCCC1. The highest BCUT2D eigenvalue weighted by Gasteiger charge is 2.53. The van der Waals surface area contributed by atoms with Gasteiger partial charge < -0.3 is 9.47 Å². The summed E-state index contributed by atoms with van der Waals surface area (Å²) in [4.78, 5) is 89.7. The number of fused-ring (bicyclic) bond motifs is 2. The fraction of sp³-hybridized carbons (Fsp3) is 0.654. The second-order valence-corrected chi connectivity index (χ2v) is 22.3. The van der Waals surface area contributed by atoms with E-state index in [1.807, 2.05) is 24.3 Å². The first-order valence-electron chi connectivity index (χ1n) is 24.1. The summed E-state index contributed by atoms with van der Waals surface area (Å²) in [6.07, 6.45) is 13.6. The number of piperidine rings is 2. The third kappa shape index (κ3) is 9.07. The zero-order valence-electron chi connectivity index (χ0n) is 39.6. The summed E-state index contributed by atoms with van der Waals surface area (Å²) in [5, 5.41) is 0. The van der Waals surface area contributed by atoms with Gasteiger partial charge in [0, 0.05) is 34.2 Å². The maximum Gasteiger partial charge on any atom is 0.320 e. The van der Waals surface area contributed by atoms with Crippen molar-refractivity contribution in [2.24, 2.45) is 0 Å². The molecule has 4 aliphatic heterocycles. The highest BCUT2D eigenvalue weighted by Crippen LogP contribution is 2.44. The molecule has 0 bridgehead atoms. The molecule has 0 atom stereocenters. The number of carbonyl (C=O) groups excluding carboxylic acids is 6. The quantitative estimate of drug-likeness (QED) is 0.160. The molecular weight excluding hydrogens is 809 g/mol. The number of amides is 4. The lowest BCUT2D eigenvalue weighted by Crippen LogP contribution is -2.65. The van der Waals surface area contributed by atoms with E-state index in [1.165, 1.54) is 22.6 Å². The van der Waals surface area contributed by atoms with E-state index in [-0.39, 0.29) is 72.9 Å². The van der Waals surface area contributed by atoms with Gasteiger partial charge in [0.2, 0.25) is 0 Å². The lowest BCUT2D eigenvalue weighted by Gasteiger charge is -2.56. The Hall–Kier alpha value is -4.42. The van der Waals surface area contributed by atoms with E-state index in [4.69, 9.17) is 9.47 Å². The predicted octanol–water partition coefficient (Wildman–Crippen LogP) is 8.46. The Bertz CT molecular complexity index is 2010. The normalized spacial score (nSPS) is 24.2. The lowest BCUT2D eigenvalue weighted by atomic mass is 9.76. The minimum Gasteiger partial charge on any atom is -0.461 e. The highest BCUT2D eigenvalue weighted by molar-refractivity contribution is 6.22. The van der Waals surface area contributed by atoms with Gasteiger partial charge >= 0.3 is 11.9 Å². The van der Waals surface area contributed by atoms with Crippen molar-refractivity contribution in [3.8, 4) is 0 Å². The highest BCUT2D eigenvalue weighted by atomic mass is 16.5. The molecule has 0 spiro atoms. The van der Waals surface area contributed by atoms with Crippen LogP contribution in [0.5, 0.6) is 0 Å². The molecule has 12 nitrogen and oxygen atoms in total. The summed E-state index contributed by atoms with van der Waals surface area (Å²) in [6.45, 7) is 17.0. The molecule has 2 aromatic rings. The molecule has 64 heavy (non-hydrogen) atoms. The van der Waals surface area contributed by atoms with Crippen LogP contribution >= 0.6 is 0 Å². The number of aryl methyl sites for hydroxylation is 2. The second-order valence-electron chi connectivity index (χ2n) is 22.3. The molecule has 8 rings (SSSR count). The van der Waals surface area contributed by atoms with E-state index in [9.17, 15) is 28.8 Å². The molecule has 2 saturated heterocycles. The van der Waals surface area contributed by atoms with Gasteiger partial charge in [-0.15, -0.1) is 0 Å². The predicted molar refractivity (Wildman–Crippen MR) is 243 cm³/mol. The summed E-state index contributed by atoms with van der Waals surface area (Å²) in [6, 6.07) is 10.3. The van der Waals surface area contributed by atoms with E-state index >= 15 is 0 Å². The number of rotatable bonds is 11. The van der Waals surface area contributed by atoms with Crippen molar-refractivity contribution in [1.82, 2.24) is 19.6 Å². The number of carbonyl (C=O) groups is 6. The molecule has 2 aromatic carbocycles. The largest absolute Gasteiger partial charge is 0.461 e. The number of esters is 2. The van der Waals surface area contributed by atoms with E-state index in [1.54, 1.807) is 12.1 Å². The molecule has 0 radical (unpaired) electrons. The first-order valence-corrected chi connectivity index (χ1v) is 24.1. The fourth-order valence-corrected chi connectivity index (χ4v) is 12.7. The average Bonchev–Trinajstić information content (AvgIpc) is 3.62. The fourth-order valence-electron chi connectivity index (χ4n) is 12.7. The topological polar surface area (TPSA) is 134 Å². The molecule has 6 aliphatic rings. The first-order chi connectivity index (χ1) is 30.1. The minimum absolute atomic E-state index is 0.0138. The maximum atomic E-state index is 14.1. The van der Waals surface area contributed by atoms with Gasteiger partial charge in [-0.2, -0.15) is 0 Å². The van der Waals surface area contributed by atoms with Gasteiger partial charge in [0.15, 0.2) is 0 Å². The minimum atomic E-state index is -0.479. The van der Waals surface area contributed by atoms with Crippen molar-refractivity contribution >= 4 is 35.6 Å². The molecule has 0 N–H and O–H groups in total. The summed E-state index contributed by atoms with van der Waals surface area (Å²) < 4.78 is 11.8. The van der Waals surface area contributed by atoms with Gasteiger partial charge in [-0.3, -0.25) is 48.4 Å². The van der Waals surface area contributed by atoms with Crippen molar-refractivity contribution in [2.75, 3.05) is 13.1 Å². The molecule has 4 fully saturated rings. The van der Waals surface area contributed by atoms with Gasteiger partial charge in [0.1, 0.15) is 12.2 Å². The van der Waals surface area contributed by atoms with Crippen LogP contribution in [-0.4, -0.2) is 115 Å². The van der Waals surface area contributed by atoms with Gasteiger partial charge in [-0.25, -0.2) is 0 Å². The van der Waals surface area contributed by atoms with Crippen LogP contribution in [0, 0.1) is 0 Å². The number of ether oxygens (including phenoxy) is 2. The van der Waals surface area contributed by atoms with E-state index in [0.717, 1.165) is 62.5 Å². The average molecular weight is 879 g/mol. The number of benzene rings is 2. The van der Waals surface area contributed by atoms with Crippen LogP contribution in [-0.2, 0) is 31.9 Å². The second kappa shape index (κ2) is 17.4. The van der Waals surface area contributed by atoms with Crippen LogP contribution in [0.25, 0.3) is 0 Å². The molecule has 4 amide bonds. The van der Waals surface area contributed by atoms with Crippen molar-refractivity contribution in [3.05, 3.63) is 69.8 Å². The molecule has 2 saturated carbocycles. The first kappa shape index (κ1) is 46.1. The molecule has 12 heteroatoms. The Morgan fingerprint density at radius 3 is 1.12 bits per heavy atom. The Morgan fingerprint density at radius 1 is 0.484 bits per heavy atom. The van der Waals surface area contributed by atoms with E-state index in [2.05, 4.69) is 65.2 Å². The zero-order valence-corrected chi connectivity index (χ0v) is 39.6. The maximum absolute atomic E-state index is 14.1. The van der Waals surface area contributed by atoms with Crippen LogP contribution in [0.2, 0.25) is 0 Å². The van der Waals surface area contributed by atoms with Crippen LogP contribution in [0.1, 0.15) is 198 Å². The molecule has 0 aromatic heterocycles.